The molecule has 2 heterocycles. The monoisotopic (exact) mass is 231 g/mol. The highest BCUT2D eigenvalue weighted by Gasteiger charge is 2.36. The summed E-state index contributed by atoms with van der Waals surface area (Å²) in [6.07, 6.45) is 0. The third-order valence-electron chi connectivity index (χ3n) is 3.52. The maximum absolute atomic E-state index is 11.3. The quantitative estimate of drug-likeness (QED) is 0.750. The van der Waals surface area contributed by atoms with Gasteiger partial charge in [-0.15, -0.1) is 0 Å². The predicted octanol–water partition coefficient (Wildman–Crippen LogP) is -0.0412. The van der Waals surface area contributed by atoms with Crippen LogP contribution in [0.5, 0.6) is 0 Å². The molecule has 2 N–H and O–H groups in total. The average Bonchev–Trinajstić information content (AvgIpc) is 2.71. The summed E-state index contributed by atoms with van der Waals surface area (Å²) in [5, 5.41) is 6.34. The highest BCUT2D eigenvalue weighted by atomic mass is 16.2. The number of benzene rings is 1. The number of likely N-dealkylation sites (tertiary alicyclic amines) is 1. The first kappa shape index (κ1) is 10.7. The van der Waals surface area contributed by atoms with Crippen molar-refractivity contribution < 1.29 is 4.79 Å². The fraction of sp³-hybridized carbons (Fsp3) is 0.462. The van der Waals surface area contributed by atoms with Crippen molar-refractivity contribution in [3.05, 3.63) is 35.9 Å². The number of amides is 1. The Morgan fingerprint density at radius 2 is 1.94 bits per heavy atom. The Morgan fingerprint density at radius 3 is 2.76 bits per heavy atom. The molecule has 0 unspecified atom stereocenters. The molecule has 0 aromatic heterocycles. The summed E-state index contributed by atoms with van der Waals surface area (Å²) in [5.41, 5.74) is 1.33. The number of nitrogens with one attached hydrogen (secondary N) is 2. The van der Waals surface area contributed by atoms with Crippen LogP contribution < -0.4 is 10.6 Å². The standard InChI is InChI=1S/C13H17N3O/c17-13-6-14-11-8-16(9-12(11)15-13)7-10-4-2-1-3-5-10/h1-5,11-12,14H,6-9H2,(H,15,17)/t11-,12-/m1/s1. The summed E-state index contributed by atoms with van der Waals surface area (Å²) >= 11 is 0. The third-order valence-corrected chi connectivity index (χ3v) is 3.52. The summed E-state index contributed by atoms with van der Waals surface area (Å²) in [6.45, 7) is 3.38. The van der Waals surface area contributed by atoms with E-state index in [-0.39, 0.29) is 11.9 Å². The van der Waals surface area contributed by atoms with Crippen LogP contribution in [0.4, 0.5) is 0 Å². The lowest BCUT2D eigenvalue weighted by Gasteiger charge is -2.26. The van der Waals surface area contributed by atoms with Crippen molar-refractivity contribution in [2.75, 3.05) is 19.6 Å². The lowest BCUT2D eigenvalue weighted by molar-refractivity contribution is -0.122. The van der Waals surface area contributed by atoms with E-state index in [4.69, 9.17) is 0 Å². The van der Waals surface area contributed by atoms with Crippen LogP contribution >= 0.6 is 0 Å². The van der Waals surface area contributed by atoms with Crippen LogP contribution in [0.1, 0.15) is 5.56 Å². The van der Waals surface area contributed by atoms with Crippen LogP contribution in [-0.4, -0.2) is 42.5 Å². The van der Waals surface area contributed by atoms with Gasteiger partial charge in [0.1, 0.15) is 0 Å². The Bertz CT molecular complexity index is 406. The second-order valence-electron chi connectivity index (χ2n) is 4.84. The van der Waals surface area contributed by atoms with Gasteiger partial charge in [0.2, 0.25) is 5.91 Å². The first-order chi connectivity index (χ1) is 8.31. The molecule has 17 heavy (non-hydrogen) atoms. The number of hydrogen-bond acceptors (Lipinski definition) is 3. The number of carbonyl (C=O) groups is 1. The van der Waals surface area contributed by atoms with Gasteiger partial charge < -0.3 is 10.6 Å². The average molecular weight is 231 g/mol. The Kier molecular flexibility index (Phi) is 2.82. The van der Waals surface area contributed by atoms with Crippen molar-refractivity contribution in [1.29, 1.82) is 0 Å². The van der Waals surface area contributed by atoms with Gasteiger partial charge >= 0.3 is 0 Å². The Balaban J connectivity index is 1.62. The van der Waals surface area contributed by atoms with E-state index in [0.29, 0.717) is 12.6 Å². The third kappa shape index (κ3) is 2.33. The van der Waals surface area contributed by atoms with Gasteiger partial charge in [-0.25, -0.2) is 0 Å². The summed E-state index contributed by atoms with van der Waals surface area (Å²) in [4.78, 5) is 13.7. The molecule has 0 saturated carbocycles. The zero-order valence-corrected chi connectivity index (χ0v) is 9.73. The van der Waals surface area contributed by atoms with E-state index in [1.807, 2.05) is 6.07 Å². The van der Waals surface area contributed by atoms with Crippen LogP contribution in [0, 0.1) is 0 Å². The predicted molar refractivity (Wildman–Crippen MR) is 65.4 cm³/mol. The molecule has 2 aliphatic heterocycles. The molecule has 90 valence electrons. The second-order valence-corrected chi connectivity index (χ2v) is 4.84. The minimum Gasteiger partial charge on any atom is -0.349 e. The molecule has 4 heteroatoms. The molecule has 0 aliphatic carbocycles. The molecular weight excluding hydrogens is 214 g/mol. The summed E-state index contributed by atoms with van der Waals surface area (Å²) in [7, 11) is 0. The normalized spacial score (nSPS) is 28.8. The molecule has 1 aromatic carbocycles. The fourth-order valence-electron chi connectivity index (χ4n) is 2.69. The number of fused-ring (bicyclic) bond motifs is 1. The van der Waals surface area contributed by atoms with Crippen molar-refractivity contribution in [1.82, 2.24) is 15.5 Å². The number of nitrogens with zero attached hydrogens (tertiary/aromatic N) is 1. The first-order valence-electron chi connectivity index (χ1n) is 6.10. The largest absolute Gasteiger partial charge is 0.349 e. The number of hydrogen-bond donors (Lipinski definition) is 2. The van der Waals surface area contributed by atoms with E-state index < -0.39 is 0 Å². The van der Waals surface area contributed by atoms with Crippen molar-refractivity contribution in [2.45, 2.75) is 18.6 Å². The van der Waals surface area contributed by atoms with Crippen LogP contribution in [0.3, 0.4) is 0 Å². The lowest BCUT2D eigenvalue weighted by atomic mass is 10.1. The number of carbonyl (C=O) groups excluding carboxylic acids is 1. The van der Waals surface area contributed by atoms with Gasteiger partial charge in [-0.2, -0.15) is 0 Å². The van der Waals surface area contributed by atoms with Gasteiger partial charge in [-0.05, 0) is 5.56 Å². The molecule has 0 spiro atoms. The Labute approximate surface area is 101 Å². The van der Waals surface area contributed by atoms with Crippen LogP contribution in [0.15, 0.2) is 30.3 Å². The number of rotatable bonds is 2. The second kappa shape index (κ2) is 4.47. The van der Waals surface area contributed by atoms with E-state index in [2.05, 4.69) is 39.8 Å². The fourth-order valence-corrected chi connectivity index (χ4v) is 2.69. The summed E-state index contributed by atoms with van der Waals surface area (Å²) in [6, 6.07) is 11.2. The molecule has 2 atom stereocenters. The summed E-state index contributed by atoms with van der Waals surface area (Å²) in [5.74, 6) is 0.118. The molecule has 0 radical (unpaired) electrons. The molecule has 3 rings (SSSR count). The van der Waals surface area contributed by atoms with Crippen molar-refractivity contribution in [3.63, 3.8) is 0 Å². The molecular formula is C13H17N3O. The van der Waals surface area contributed by atoms with Gasteiger partial charge in [0, 0.05) is 25.7 Å². The molecule has 2 aliphatic rings. The van der Waals surface area contributed by atoms with E-state index in [9.17, 15) is 4.79 Å². The smallest absolute Gasteiger partial charge is 0.234 e. The molecule has 1 amide bonds. The molecule has 1 aromatic rings. The molecule has 2 saturated heterocycles. The van der Waals surface area contributed by atoms with Gasteiger partial charge in [-0.3, -0.25) is 9.69 Å². The first-order valence-corrected chi connectivity index (χ1v) is 6.10. The van der Waals surface area contributed by atoms with Gasteiger partial charge in [-0.1, -0.05) is 30.3 Å². The van der Waals surface area contributed by atoms with E-state index in [1.165, 1.54) is 5.56 Å². The highest BCUT2D eigenvalue weighted by molar-refractivity contribution is 5.79. The van der Waals surface area contributed by atoms with Gasteiger partial charge in [0.05, 0.1) is 12.6 Å². The van der Waals surface area contributed by atoms with Crippen LogP contribution in [0.25, 0.3) is 0 Å². The SMILES string of the molecule is O=C1CN[C@@H]2CN(Cc3ccccc3)C[C@H]2N1. The van der Waals surface area contributed by atoms with Crippen molar-refractivity contribution in [3.8, 4) is 0 Å². The lowest BCUT2D eigenvalue weighted by Crippen LogP contribution is -2.58. The van der Waals surface area contributed by atoms with Crippen molar-refractivity contribution in [2.24, 2.45) is 0 Å². The van der Waals surface area contributed by atoms with Crippen LogP contribution in [0.2, 0.25) is 0 Å². The van der Waals surface area contributed by atoms with E-state index in [1.54, 1.807) is 0 Å². The van der Waals surface area contributed by atoms with Gasteiger partial charge in [0.25, 0.3) is 0 Å². The van der Waals surface area contributed by atoms with E-state index in [0.717, 1.165) is 19.6 Å². The Morgan fingerprint density at radius 1 is 1.18 bits per heavy atom. The maximum atomic E-state index is 11.3. The topological polar surface area (TPSA) is 44.4 Å². The highest BCUT2D eigenvalue weighted by Crippen LogP contribution is 2.15. The minimum atomic E-state index is 0.118. The van der Waals surface area contributed by atoms with E-state index >= 15 is 0 Å². The zero-order valence-electron chi connectivity index (χ0n) is 9.73. The van der Waals surface area contributed by atoms with Gasteiger partial charge in [0.15, 0.2) is 0 Å². The minimum absolute atomic E-state index is 0.118. The maximum Gasteiger partial charge on any atom is 0.234 e. The molecule has 4 nitrogen and oxygen atoms in total. The number of piperazine rings is 1. The summed E-state index contributed by atoms with van der Waals surface area (Å²) < 4.78 is 0. The van der Waals surface area contributed by atoms with Crippen LogP contribution in [-0.2, 0) is 11.3 Å². The molecule has 0 bridgehead atoms. The Hall–Kier alpha value is -1.39. The molecule has 2 fully saturated rings. The zero-order chi connectivity index (χ0) is 11.7. The van der Waals surface area contributed by atoms with Crippen molar-refractivity contribution >= 4 is 5.91 Å².